The fraction of sp³-hybridized carbons (Fsp3) is 0.412. The van der Waals surface area contributed by atoms with Crippen molar-refractivity contribution in [2.24, 2.45) is 5.92 Å². The average molecular weight is 356 g/mol. The number of amides is 1. The zero-order chi connectivity index (χ0) is 16.8. The Morgan fingerprint density at radius 2 is 2.17 bits per heavy atom. The lowest BCUT2D eigenvalue weighted by atomic mass is 10.1. The number of benzene rings is 1. The van der Waals surface area contributed by atoms with Crippen molar-refractivity contribution in [1.29, 1.82) is 0 Å². The molecule has 23 heavy (non-hydrogen) atoms. The van der Waals surface area contributed by atoms with Crippen LogP contribution in [0, 0.1) is 5.92 Å². The van der Waals surface area contributed by atoms with Gasteiger partial charge in [-0.15, -0.1) is 0 Å². The Kier molecular flexibility index (Phi) is 6.48. The number of halogens is 2. The van der Waals surface area contributed by atoms with Crippen LogP contribution in [0.4, 0.5) is 0 Å². The molecule has 6 heteroatoms. The average Bonchev–Trinajstić information content (AvgIpc) is 2.97. The molecule has 2 rings (SSSR count). The van der Waals surface area contributed by atoms with Crippen molar-refractivity contribution in [2.75, 3.05) is 6.61 Å². The highest BCUT2D eigenvalue weighted by molar-refractivity contribution is 6.35. The number of esters is 1. The summed E-state index contributed by atoms with van der Waals surface area (Å²) in [6.45, 7) is 1.52. The number of ether oxygens (including phenoxy) is 1. The van der Waals surface area contributed by atoms with Crippen LogP contribution in [0.15, 0.2) is 30.4 Å². The third kappa shape index (κ3) is 5.56. The molecule has 0 fully saturated rings. The minimum Gasteiger partial charge on any atom is -0.456 e. The lowest BCUT2D eigenvalue weighted by Crippen LogP contribution is -2.31. The first-order valence-electron chi connectivity index (χ1n) is 7.52. The van der Waals surface area contributed by atoms with E-state index in [-0.39, 0.29) is 30.4 Å². The SMILES string of the molecule is C[C@H](NC(=O)COC(=O)C[C@H]1C=CCC1)c1ccc(Cl)cc1Cl. The largest absolute Gasteiger partial charge is 0.456 e. The molecule has 0 aromatic heterocycles. The fourth-order valence-corrected chi connectivity index (χ4v) is 3.07. The first-order valence-corrected chi connectivity index (χ1v) is 8.28. The van der Waals surface area contributed by atoms with Crippen LogP contribution in [0.2, 0.25) is 10.0 Å². The molecule has 0 saturated heterocycles. The van der Waals surface area contributed by atoms with Gasteiger partial charge in [-0.3, -0.25) is 9.59 Å². The third-order valence-corrected chi connectivity index (χ3v) is 4.27. The summed E-state index contributed by atoms with van der Waals surface area (Å²) in [6.07, 6.45) is 6.36. The van der Waals surface area contributed by atoms with E-state index in [1.807, 2.05) is 6.08 Å². The summed E-state index contributed by atoms with van der Waals surface area (Å²) in [6, 6.07) is 4.79. The highest BCUT2D eigenvalue weighted by Crippen LogP contribution is 2.26. The van der Waals surface area contributed by atoms with Gasteiger partial charge in [-0.25, -0.2) is 0 Å². The number of rotatable bonds is 6. The van der Waals surface area contributed by atoms with Gasteiger partial charge in [0, 0.05) is 10.0 Å². The number of carbonyl (C=O) groups is 2. The molecule has 0 bridgehead atoms. The molecule has 1 N–H and O–H groups in total. The second kappa shape index (κ2) is 8.37. The van der Waals surface area contributed by atoms with Crippen molar-refractivity contribution in [3.05, 3.63) is 46.0 Å². The summed E-state index contributed by atoms with van der Waals surface area (Å²) in [4.78, 5) is 23.6. The van der Waals surface area contributed by atoms with Crippen LogP contribution >= 0.6 is 23.2 Å². The molecule has 0 unspecified atom stereocenters. The first-order chi connectivity index (χ1) is 11.0. The van der Waals surface area contributed by atoms with Gasteiger partial charge < -0.3 is 10.1 Å². The van der Waals surface area contributed by atoms with E-state index in [0.29, 0.717) is 16.5 Å². The summed E-state index contributed by atoms with van der Waals surface area (Å²) in [5.74, 6) is -0.481. The summed E-state index contributed by atoms with van der Waals surface area (Å²) in [5, 5.41) is 3.76. The van der Waals surface area contributed by atoms with Gasteiger partial charge in [0.2, 0.25) is 0 Å². The number of allylic oxidation sites excluding steroid dienone is 2. The number of hydrogen-bond acceptors (Lipinski definition) is 3. The Hall–Kier alpha value is -1.52. The molecular weight excluding hydrogens is 337 g/mol. The van der Waals surface area contributed by atoms with Crippen molar-refractivity contribution in [3.63, 3.8) is 0 Å². The molecular formula is C17H19Cl2NO3. The zero-order valence-corrected chi connectivity index (χ0v) is 14.4. The van der Waals surface area contributed by atoms with Gasteiger partial charge in [-0.05, 0) is 43.4 Å². The molecule has 0 spiro atoms. The Bertz CT molecular complexity index is 616. The van der Waals surface area contributed by atoms with Gasteiger partial charge in [0.05, 0.1) is 12.5 Å². The van der Waals surface area contributed by atoms with Gasteiger partial charge in [0.1, 0.15) is 0 Å². The van der Waals surface area contributed by atoms with Crippen LogP contribution in [-0.4, -0.2) is 18.5 Å². The topological polar surface area (TPSA) is 55.4 Å². The van der Waals surface area contributed by atoms with Crippen molar-refractivity contribution >= 4 is 35.1 Å². The van der Waals surface area contributed by atoms with Crippen LogP contribution in [0.25, 0.3) is 0 Å². The van der Waals surface area contributed by atoms with Crippen LogP contribution in [0.3, 0.4) is 0 Å². The third-order valence-electron chi connectivity index (χ3n) is 3.71. The van der Waals surface area contributed by atoms with Gasteiger partial charge >= 0.3 is 5.97 Å². The lowest BCUT2D eigenvalue weighted by Gasteiger charge is -2.16. The Labute approximate surface area is 145 Å². The van der Waals surface area contributed by atoms with Crippen molar-refractivity contribution in [1.82, 2.24) is 5.32 Å². The van der Waals surface area contributed by atoms with E-state index < -0.39 is 0 Å². The van der Waals surface area contributed by atoms with Crippen LogP contribution in [0.1, 0.15) is 37.8 Å². The maximum Gasteiger partial charge on any atom is 0.306 e. The molecule has 0 aliphatic heterocycles. The van der Waals surface area contributed by atoms with E-state index in [9.17, 15) is 9.59 Å². The summed E-state index contributed by atoms with van der Waals surface area (Å²) >= 11 is 12.0. The van der Waals surface area contributed by atoms with Gasteiger partial charge in [0.25, 0.3) is 5.91 Å². The molecule has 0 radical (unpaired) electrons. The molecule has 1 aromatic rings. The molecule has 124 valence electrons. The standard InChI is InChI=1S/C17H19Cl2NO3/c1-11(14-7-6-13(18)9-15(14)19)20-16(21)10-23-17(22)8-12-4-2-3-5-12/h2,4,6-7,9,11-12H,3,5,8,10H2,1H3,(H,20,21)/t11-,12-/m0/s1. The maximum absolute atomic E-state index is 11.9. The molecule has 2 atom stereocenters. The van der Waals surface area contributed by atoms with E-state index in [4.69, 9.17) is 27.9 Å². The molecule has 1 aliphatic carbocycles. The zero-order valence-electron chi connectivity index (χ0n) is 12.9. The van der Waals surface area contributed by atoms with E-state index in [1.165, 1.54) is 0 Å². The predicted octanol–water partition coefficient (Wildman–Crippen LogP) is 4.07. The second-order valence-electron chi connectivity index (χ2n) is 5.59. The Morgan fingerprint density at radius 1 is 1.39 bits per heavy atom. The summed E-state index contributed by atoms with van der Waals surface area (Å²) in [7, 11) is 0. The normalized spacial score (nSPS) is 17.8. The quantitative estimate of drug-likeness (QED) is 0.618. The Balaban J connectivity index is 1.77. The van der Waals surface area contributed by atoms with Crippen molar-refractivity contribution < 1.29 is 14.3 Å². The number of carbonyl (C=O) groups excluding carboxylic acids is 2. The van der Waals surface area contributed by atoms with E-state index in [2.05, 4.69) is 11.4 Å². The first kappa shape index (κ1) is 17.8. The summed E-state index contributed by atoms with van der Waals surface area (Å²) < 4.78 is 5.01. The molecule has 0 heterocycles. The number of nitrogens with one attached hydrogen (secondary N) is 1. The van der Waals surface area contributed by atoms with E-state index in [0.717, 1.165) is 18.4 Å². The lowest BCUT2D eigenvalue weighted by molar-refractivity contribution is -0.149. The monoisotopic (exact) mass is 355 g/mol. The van der Waals surface area contributed by atoms with Crippen LogP contribution in [-0.2, 0) is 14.3 Å². The molecule has 0 saturated carbocycles. The maximum atomic E-state index is 11.9. The molecule has 1 aliphatic rings. The highest BCUT2D eigenvalue weighted by Gasteiger charge is 2.17. The van der Waals surface area contributed by atoms with Crippen LogP contribution < -0.4 is 5.32 Å². The summed E-state index contributed by atoms with van der Waals surface area (Å²) in [5.41, 5.74) is 0.756. The minimum absolute atomic E-state index is 0.234. The van der Waals surface area contributed by atoms with Crippen LogP contribution in [0.5, 0.6) is 0 Å². The van der Waals surface area contributed by atoms with Gasteiger partial charge in [-0.2, -0.15) is 0 Å². The highest BCUT2D eigenvalue weighted by atomic mass is 35.5. The molecule has 1 amide bonds. The van der Waals surface area contributed by atoms with E-state index >= 15 is 0 Å². The molecule has 4 nitrogen and oxygen atoms in total. The van der Waals surface area contributed by atoms with Crippen molar-refractivity contribution in [2.45, 2.75) is 32.2 Å². The Morgan fingerprint density at radius 3 is 2.83 bits per heavy atom. The fourth-order valence-electron chi connectivity index (χ4n) is 2.50. The van der Waals surface area contributed by atoms with Gasteiger partial charge in [-0.1, -0.05) is 41.4 Å². The molecule has 1 aromatic carbocycles. The van der Waals surface area contributed by atoms with Gasteiger partial charge in [0.15, 0.2) is 6.61 Å². The minimum atomic E-state index is -0.362. The second-order valence-corrected chi connectivity index (χ2v) is 6.43. The number of hydrogen-bond donors (Lipinski definition) is 1. The van der Waals surface area contributed by atoms with Crippen molar-refractivity contribution in [3.8, 4) is 0 Å². The predicted molar refractivity (Wildman–Crippen MR) is 90.5 cm³/mol. The van der Waals surface area contributed by atoms with E-state index in [1.54, 1.807) is 25.1 Å². The smallest absolute Gasteiger partial charge is 0.306 e.